The van der Waals surface area contributed by atoms with E-state index in [-0.39, 0.29) is 5.91 Å². The molecule has 1 saturated heterocycles. The summed E-state index contributed by atoms with van der Waals surface area (Å²) in [6.07, 6.45) is 6.18. The van der Waals surface area contributed by atoms with Gasteiger partial charge < -0.3 is 9.64 Å². The first kappa shape index (κ1) is 23.7. The number of carbonyl (C=O) groups excluding carboxylic acids is 1. The highest BCUT2D eigenvalue weighted by Gasteiger charge is 2.29. The number of aromatic nitrogens is 2. The molecule has 2 aliphatic heterocycles. The molecule has 0 spiro atoms. The number of thioether (sulfide) groups is 1. The van der Waals surface area contributed by atoms with Crippen LogP contribution < -0.4 is 4.74 Å². The summed E-state index contributed by atoms with van der Waals surface area (Å²) in [5, 5.41) is 6.18. The minimum absolute atomic E-state index is 0.202. The summed E-state index contributed by atoms with van der Waals surface area (Å²) in [6, 6.07) is 15.5. The molecule has 8 heteroatoms. The highest BCUT2D eigenvalue weighted by molar-refractivity contribution is 8.18. The summed E-state index contributed by atoms with van der Waals surface area (Å²) < 4.78 is 7.42. The lowest BCUT2D eigenvalue weighted by Crippen LogP contribution is -2.37. The molecule has 0 unspecified atom stereocenters. The van der Waals surface area contributed by atoms with E-state index in [1.54, 1.807) is 0 Å². The number of para-hydroxylation sites is 1. The SMILES string of the molecule is CCOc1ccc(-c2nn(-c3ccccc3)cc2/C=C2\SC(N3CCC[C@@H](C)C3)=NC2=O)cc1Cl. The van der Waals surface area contributed by atoms with E-state index >= 15 is 0 Å². The van der Waals surface area contributed by atoms with E-state index in [1.807, 2.05) is 72.4 Å². The van der Waals surface area contributed by atoms with Gasteiger partial charge in [-0.2, -0.15) is 10.1 Å². The topological polar surface area (TPSA) is 59.7 Å². The molecule has 2 aliphatic rings. The predicted octanol–water partition coefficient (Wildman–Crippen LogP) is 6.29. The Morgan fingerprint density at radius 2 is 2.06 bits per heavy atom. The van der Waals surface area contributed by atoms with E-state index < -0.39 is 0 Å². The van der Waals surface area contributed by atoms with Gasteiger partial charge in [0.05, 0.1) is 22.2 Å². The van der Waals surface area contributed by atoms with Crippen LogP contribution in [-0.2, 0) is 4.79 Å². The standard InChI is InChI=1S/C27H27ClN4O2S/c1-3-34-23-12-11-19(14-22(23)28)25-20(17-32(30-25)21-9-5-4-6-10-21)15-24-26(33)29-27(35-24)31-13-7-8-18(2)16-31/h4-6,9-12,14-15,17-18H,3,7-8,13,16H2,1-2H3/b24-15-/t18-/m1/s1. The number of hydrogen-bond donors (Lipinski definition) is 0. The van der Waals surface area contributed by atoms with Crippen molar-refractivity contribution in [2.75, 3.05) is 19.7 Å². The van der Waals surface area contributed by atoms with Crippen molar-refractivity contribution < 1.29 is 9.53 Å². The fourth-order valence-electron chi connectivity index (χ4n) is 4.39. The predicted molar refractivity (Wildman–Crippen MR) is 143 cm³/mol. The van der Waals surface area contributed by atoms with Crippen LogP contribution in [0.15, 0.2) is 64.6 Å². The quantitative estimate of drug-likeness (QED) is 0.380. The van der Waals surface area contributed by atoms with Crippen LogP contribution in [0.5, 0.6) is 5.75 Å². The number of ether oxygens (including phenoxy) is 1. The summed E-state index contributed by atoms with van der Waals surface area (Å²) in [7, 11) is 0. The summed E-state index contributed by atoms with van der Waals surface area (Å²) in [4.78, 5) is 20.0. The third kappa shape index (κ3) is 5.16. The fourth-order valence-corrected chi connectivity index (χ4v) is 5.56. The van der Waals surface area contributed by atoms with E-state index in [1.165, 1.54) is 18.2 Å². The van der Waals surface area contributed by atoms with Crippen molar-refractivity contribution in [3.63, 3.8) is 0 Å². The average molecular weight is 507 g/mol. The molecule has 0 aliphatic carbocycles. The Hall–Kier alpha value is -3.03. The normalized spacial score (nSPS) is 19.3. The number of benzene rings is 2. The molecule has 1 atom stereocenters. The molecule has 6 nitrogen and oxygen atoms in total. The lowest BCUT2D eigenvalue weighted by molar-refractivity contribution is -0.113. The van der Waals surface area contributed by atoms with Crippen LogP contribution in [0.4, 0.5) is 0 Å². The van der Waals surface area contributed by atoms with Gasteiger partial charge >= 0.3 is 0 Å². The number of halogens is 1. The molecule has 0 radical (unpaired) electrons. The highest BCUT2D eigenvalue weighted by Crippen LogP contribution is 2.36. The van der Waals surface area contributed by atoms with Crippen LogP contribution in [0.2, 0.25) is 5.02 Å². The summed E-state index contributed by atoms with van der Waals surface area (Å²) >= 11 is 7.94. The number of piperidine rings is 1. The summed E-state index contributed by atoms with van der Waals surface area (Å²) in [6.45, 7) is 6.59. The summed E-state index contributed by atoms with van der Waals surface area (Å²) in [5.74, 6) is 1.04. The Bertz CT molecular complexity index is 1300. The molecule has 5 rings (SSSR count). The number of carbonyl (C=O) groups is 1. The van der Waals surface area contributed by atoms with Crippen LogP contribution in [-0.4, -0.2) is 45.5 Å². The number of nitrogens with zero attached hydrogens (tertiary/aromatic N) is 4. The molecule has 1 aromatic heterocycles. The van der Waals surface area contributed by atoms with Gasteiger partial charge in [0.2, 0.25) is 0 Å². The fraction of sp³-hybridized carbons (Fsp3) is 0.296. The van der Waals surface area contributed by atoms with E-state index in [2.05, 4.69) is 16.8 Å². The van der Waals surface area contributed by atoms with Crippen LogP contribution in [0, 0.1) is 5.92 Å². The van der Waals surface area contributed by atoms with Crippen molar-refractivity contribution in [1.29, 1.82) is 0 Å². The molecule has 0 N–H and O–H groups in total. The second kappa shape index (κ2) is 10.3. The monoisotopic (exact) mass is 506 g/mol. The van der Waals surface area contributed by atoms with Crippen molar-refractivity contribution in [3.05, 3.63) is 70.2 Å². The third-order valence-corrected chi connectivity index (χ3v) is 7.43. The number of amides is 1. The van der Waals surface area contributed by atoms with Gasteiger partial charge in [-0.05, 0) is 73.9 Å². The van der Waals surface area contributed by atoms with Crippen LogP contribution in [0.3, 0.4) is 0 Å². The third-order valence-electron chi connectivity index (χ3n) is 6.09. The number of hydrogen-bond acceptors (Lipinski definition) is 5. The van der Waals surface area contributed by atoms with Crippen molar-refractivity contribution in [3.8, 4) is 22.7 Å². The number of aliphatic imine (C=N–C) groups is 1. The van der Waals surface area contributed by atoms with Gasteiger partial charge in [0.1, 0.15) is 11.4 Å². The maximum Gasteiger partial charge on any atom is 0.286 e. The van der Waals surface area contributed by atoms with Crippen molar-refractivity contribution >= 4 is 40.5 Å². The van der Waals surface area contributed by atoms with E-state index in [9.17, 15) is 4.79 Å². The first-order valence-corrected chi connectivity index (χ1v) is 13.1. The number of likely N-dealkylation sites (tertiary alicyclic amines) is 1. The minimum atomic E-state index is -0.202. The Balaban J connectivity index is 1.51. The molecule has 35 heavy (non-hydrogen) atoms. The van der Waals surface area contributed by atoms with E-state index in [0.717, 1.165) is 47.2 Å². The summed E-state index contributed by atoms with van der Waals surface area (Å²) in [5.41, 5.74) is 3.34. The molecule has 3 heterocycles. The zero-order valence-corrected chi connectivity index (χ0v) is 21.4. The van der Waals surface area contributed by atoms with Gasteiger partial charge in [-0.3, -0.25) is 4.79 Å². The van der Waals surface area contributed by atoms with Gasteiger partial charge in [-0.15, -0.1) is 0 Å². The molecule has 0 bridgehead atoms. The Labute approximate surface area is 214 Å². The molecular weight excluding hydrogens is 480 g/mol. The van der Waals surface area contributed by atoms with Gasteiger partial charge in [0, 0.05) is 30.4 Å². The largest absolute Gasteiger partial charge is 0.492 e. The smallest absolute Gasteiger partial charge is 0.286 e. The maximum atomic E-state index is 12.8. The van der Waals surface area contributed by atoms with Crippen molar-refractivity contribution in [2.45, 2.75) is 26.7 Å². The molecular formula is C27H27ClN4O2S. The van der Waals surface area contributed by atoms with Gasteiger partial charge in [-0.1, -0.05) is 36.7 Å². The van der Waals surface area contributed by atoms with Crippen LogP contribution >= 0.6 is 23.4 Å². The van der Waals surface area contributed by atoms with Gasteiger partial charge in [0.25, 0.3) is 5.91 Å². The first-order chi connectivity index (χ1) is 17.0. The molecule has 0 saturated carbocycles. The van der Waals surface area contributed by atoms with Gasteiger partial charge in [-0.25, -0.2) is 4.68 Å². The number of amidine groups is 1. The Morgan fingerprint density at radius 3 is 2.80 bits per heavy atom. The molecule has 2 aromatic carbocycles. The van der Waals surface area contributed by atoms with Crippen molar-refractivity contribution in [1.82, 2.24) is 14.7 Å². The zero-order valence-electron chi connectivity index (χ0n) is 19.8. The maximum absolute atomic E-state index is 12.8. The second-order valence-corrected chi connectivity index (χ2v) is 10.2. The lowest BCUT2D eigenvalue weighted by atomic mass is 10.0. The van der Waals surface area contributed by atoms with Crippen molar-refractivity contribution in [2.24, 2.45) is 10.9 Å². The van der Waals surface area contributed by atoms with Gasteiger partial charge in [0.15, 0.2) is 5.17 Å². The number of rotatable bonds is 5. The average Bonchev–Trinajstić information content (AvgIpc) is 3.45. The van der Waals surface area contributed by atoms with Crippen LogP contribution in [0.1, 0.15) is 32.3 Å². The van der Waals surface area contributed by atoms with E-state index in [0.29, 0.717) is 28.2 Å². The molecule has 1 fully saturated rings. The van der Waals surface area contributed by atoms with Crippen LogP contribution in [0.25, 0.3) is 23.0 Å². The highest BCUT2D eigenvalue weighted by atomic mass is 35.5. The molecule has 180 valence electrons. The zero-order chi connectivity index (χ0) is 24.4. The lowest BCUT2D eigenvalue weighted by Gasteiger charge is -2.31. The Morgan fingerprint density at radius 1 is 1.23 bits per heavy atom. The Kier molecular flexibility index (Phi) is 6.97. The second-order valence-electron chi connectivity index (χ2n) is 8.79. The molecule has 1 amide bonds. The minimum Gasteiger partial charge on any atom is -0.492 e. The first-order valence-electron chi connectivity index (χ1n) is 11.9. The van der Waals surface area contributed by atoms with E-state index in [4.69, 9.17) is 21.4 Å². The molecule has 3 aromatic rings.